The summed E-state index contributed by atoms with van der Waals surface area (Å²) in [6, 6.07) is 7.55. The summed E-state index contributed by atoms with van der Waals surface area (Å²) in [6.45, 7) is 0. The van der Waals surface area contributed by atoms with Crippen molar-refractivity contribution in [1.82, 2.24) is 5.43 Å². The number of nitrogens with one attached hydrogen (secondary N) is 1. The van der Waals surface area contributed by atoms with E-state index in [0.717, 1.165) is 34.3 Å². The van der Waals surface area contributed by atoms with Gasteiger partial charge in [0.05, 0.1) is 5.56 Å². The first-order valence-electron chi connectivity index (χ1n) is 8.09. The highest BCUT2D eigenvalue weighted by Crippen LogP contribution is 2.66. The zero-order chi connectivity index (χ0) is 14.0. The monoisotopic (exact) mass is 300 g/mol. The van der Waals surface area contributed by atoms with Gasteiger partial charge in [-0.2, -0.15) is 5.10 Å². The third-order valence-electron chi connectivity index (χ3n) is 6.23. The molecule has 2 N–H and O–H groups in total. The normalized spacial score (nSPS) is 43.1. The van der Waals surface area contributed by atoms with E-state index in [1.165, 1.54) is 32.1 Å². The molecule has 110 valence electrons. The Balaban J connectivity index is 1.44. The van der Waals surface area contributed by atoms with E-state index in [-0.39, 0.29) is 4.87 Å². The first-order chi connectivity index (χ1) is 10.3. The van der Waals surface area contributed by atoms with E-state index < -0.39 is 0 Å². The number of hydrogen-bond donors (Lipinski definition) is 2. The van der Waals surface area contributed by atoms with E-state index in [9.17, 15) is 5.11 Å². The van der Waals surface area contributed by atoms with Crippen molar-refractivity contribution in [1.29, 1.82) is 0 Å². The Bertz CT molecular complexity index is 631. The first kappa shape index (κ1) is 12.4. The minimum absolute atomic E-state index is 0.119. The van der Waals surface area contributed by atoms with Gasteiger partial charge in [-0.3, -0.25) is 5.43 Å². The standard InChI is InChI=1S/C17H20N2OS/c20-15-7-2-1-4-13(15)16-18-19-17(21-16)9-10-8-14(17)12-6-3-5-11(10)12/h1-2,4,7,10-12,14,19-20H,3,5-6,8-9H2/t10-,11-,12+,14-,17+/m1/s1. The molecular weight excluding hydrogens is 280 g/mol. The van der Waals surface area contributed by atoms with Gasteiger partial charge in [0.1, 0.15) is 15.7 Å². The van der Waals surface area contributed by atoms with Gasteiger partial charge in [0, 0.05) is 0 Å². The van der Waals surface area contributed by atoms with Gasteiger partial charge in [0.15, 0.2) is 0 Å². The minimum atomic E-state index is 0.119. The van der Waals surface area contributed by atoms with E-state index in [2.05, 4.69) is 10.5 Å². The van der Waals surface area contributed by atoms with Crippen LogP contribution in [0.3, 0.4) is 0 Å². The van der Waals surface area contributed by atoms with Crippen LogP contribution >= 0.6 is 11.8 Å². The molecule has 4 heteroatoms. The molecule has 5 atom stereocenters. The number of benzene rings is 1. The fraction of sp³-hybridized carbons (Fsp3) is 0.588. The summed E-state index contributed by atoms with van der Waals surface area (Å²) in [5.41, 5.74) is 4.36. The number of phenolic OH excluding ortho intramolecular Hbond substituents is 1. The van der Waals surface area contributed by atoms with Crippen molar-refractivity contribution in [3.63, 3.8) is 0 Å². The molecule has 1 aromatic carbocycles. The molecule has 1 aliphatic heterocycles. The lowest BCUT2D eigenvalue weighted by Crippen LogP contribution is -2.45. The number of rotatable bonds is 1. The zero-order valence-electron chi connectivity index (χ0n) is 12.0. The molecule has 2 bridgehead atoms. The molecule has 0 amide bonds. The van der Waals surface area contributed by atoms with Gasteiger partial charge in [-0.15, -0.1) is 0 Å². The van der Waals surface area contributed by atoms with Crippen LogP contribution in [0.2, 0.25) is 0 Å². The predicted molar refractivity (Wildman–Crippen MR) is 85.1 cm³/mol. The number of hydrogen-bond acceptors (Lipinski definition) is 4. The Labute approximate surface area is 129 Å². The smallest absolute Gasteiger partial charge is 0.129 e. The largest absolute Gasteiger partial charge is 0.507 e. The summed E-state index contributed by atoms with van der Waals surface area (Å²) < 4.78 is 0. The molecule has 21 heavy (non-hydrogen) atoms. The molecule has 0 aromatic heterocycles. The van der Waals surface area contributed by atoms with E-state index in [0.29, 0.717) is 5.75 Å². The van der Waals surface area contributed by atoms with Gasteiger partial charge >= 0.3 is 0 Å². The third-order valence-corrected chi connectivity index (χ3v) is 7.66. The van der Waals surface area contributed by atoms with Crippen LogP contribution in [0.5, 0.6) is 5.75 Å². The lowest BCUT2D eigenvalue weighted by Gasteiger charge is -2.38. The average molecular weight is 300 g/mol. The number of hydrazone groups is 1. The molecule has 3 aliphatic carbocycles. The lowest BCUT2D eigenvalue weighted by atomic mass is 9.79. The summed E-state index contributed by atoms with van der Waals surface area (Å²) >= 11 is 1.88. The number of phenols is 1. The maximum Gasteiger partial charge on any atom is 0.129 e. The second-order valence-corrected chi connectivity index (χ2v) is 8.42. The van der Waals surface area contributed by atoms with Gasteiger partial charge in [-0.25, -0.2) is 0 Å². The van der Waals surface area contributed by atoms with Crippen LogP contribution in [0, 0.1) is 23.7 Å². The van der Waals surface area contributed by atoms with Crippen LogP contribution in [0.15, 0.2) is 29.4 Å². The molecule has 5 rings (SSSR count). The van der Waals surface area contributed by atoms with Gasteiger partial charge in [0.2, 0.25) is 0 Å². The van der Waals surface area contributed by atoms with Crippen molar-refractivity contribution in [2.24, 2.45) is 28.8 Å². The summed E-state index contributed by atoms with van der Waals surface area (Å²) in [5.74, 6) is 3.93. The van der Waals surface area contributed by atoms with Crippen LogP contribution in [0.1, 0.15) is 37.7 Å². The maximum atomic E-state index is 10.1. The van der Waals surface area contributed by atoms with Crippen LogP contribution in [-0.2, 0) is 0 Å². The predicted octanol–water partition coefficient (Wildman–Crippen LogP) is 3.54. The summed E-state index contributed by atoms with van der Waals surface area (Å²) in [6.07, 6.45) is 6.95. The highest BCUT2D eigenvalue weighted by molar-refractivity contribution is 8.15. The lowest BCUT2D eigenvalue weighted by molar-refractivity contribution is 0.192. The fourth-order valence-corrected chi connectivity index (χ4v) is 7.00. The molecule has 0 unspecified atom stereocenters. The Morgan fingerprint density at radius 3 is 3.00 bits per heavy atom. The number of nitrogens with zero attached hydrogens (tertiary/aromatic N) is 1. The molecule has 3 fully saturated rings. The van der Waals surface area contributed by atoms with E-state index in [1.807, 2.05) is 30.0 Å². The molecule has 3 saturated carbocycles. The molecule has 0 radical (unpaired) electrons. The zero-order valence-corrected chi connectivity index (χ0v) is 12.8. The van der Waals surface area contributed by atoms with E-state index >= 15 is 0 Å². The van der Waals surface area contributed by atoms with Crippen molar-refractivity contribution in [3.05, 3.63) is 29.8 Å². The SMILES string of the molecule is Oc1ccccc1C1=NN[C@@]2(C[C@H]3C[C@@H]2[C@H]2CCC[C@H]32)S1. The van der Waals surface area contributed by atoms with Gasteiger partial charge in [-0.05, 0) is 61.5 Å². The fourth-order valence-electron chi connectivity index (χ4n) is 5.47. The quantitative estimate of drug-likeness (QED) is 0.834. The van der Waals surface area contributed by atoms with Crippen molar-refractivity contribution in [2.45, 2.75) is 37.0 Å². The summed E-state index contributed by atoms with van der Waals surface area (Å²) in [5, 5.41) is 15.6. The van der Waals surface area contributed by atoms with Crippen molar-refractivity contribution in [3.8, 4) is 5.75 Å². The van der Waals surface area contributed by atoms with Gasteiger partial charge < -0.3 is 5.11 Å². The van der Waals surface area contributed by atoms with Crippen molar-refractivity contribution in [2.75, 3.05) is 0 Å². The van der Waals surface area contributed by atoms with Crippen LogP contribution in [0.25, 0.3) is 0 Å². The Morgan fingerprint density at radius 1 is 1.24 bits per heavy atom. The molecule has 1 spiro atoms. The summed E-state index contributed by atoms with van der Waals surface area (Å²) in [4.78, 5) is 0.119. The van der Waals surface area contributed by atoms with E-state index in [1.54, 1.807) is 6.07 Å². The minimum Gasteiger partial charge on any atom is -0.507 e. The Kier molecular flexibility index (Phi) is 2.47. The van der Waals surface area contributed by atoms with Crippen LogP contribution < -0.4 is 5.43 Å². The molecule has 4 aliphatic rings. The molecular formula is C17H20N2OS. The molecule has 1 aromatic rings. The number of fused-ring (bicyclic) bond motifs is 6. The Morgan fingerprint density at radius 2 is 2.10 bits per heavy atom. The van der Waals surface area contributed by atoms with Crippen molar-refractivity contribution >= 4 is 16.8 Å². The number of para-hydroxylation sites is 1. The Hall–Kier alpha value is -1.16. The highest BCUT2D eigenvalue weighted by Gasteiger charge is 2.63. The van der Waals surface area contributed by atoms with Gasteiger partial charge in [-0.1, -0.05) is 30.3 Å². The molecule has 0 saturated heterocycles. The topological polar surface area (TPSA) is 44.6 Å². The average Bonchev–Trinajstić information content (AvgIpc) is 3.22. The highest BCUT2D eigenvalue weighted by atomic mass is 32.2. The first-order valence-corrected chi connectivity index (χ1v) is 8.91. The number of aromatic hydroxyl groups is 1. The van der Waals surface area contributed by atoms with Crippen molar-refractivity contribution < 1.29 is 5.11 Å². The van der Waals surface area contributed by atoms with E-state index in [4.69, 9.17) is 0 Å². The second kappa shape index (κ2) is 4.19. The van der Waals surface area contributed by atoms with Crippen LogP contribution in [-0.4, -0.2) is 15.0 Å². The third kappa shape index (κ3) is 1.60. The summed E-state index contributed by atoms with van der Waals surface area (Å²) in [7, 11) is 0. The second-order valence-electron chi connectivity index (χ2n) is 7.10. The van der Waals surface area contributed by atoms with Crippen LogP contribution in [0.4, 0.5) is 0 Å². The molecule has 3 nitrogen and oxygen atoms in total. The number of thioether (sulfide) groups is 1. The maximum absolute atomic E-state index is 10.1. The van der Waals surface area contributed by atoms with Gasteiger partial charge in [0.25, 0.3) is 0 Å². The molecule has 1 heterocycles.